The molecule has 4 rings (SSSR count). The summed E-state index contributed by atoms with van der Waals surface area (Å²) in [6.07, 6.45) is -0.364. The van der Waals surface area contributed by atoms with E-state index >= 15 is 0 Å². The van der Waals surface area contributed by atoms with E-state index in [0.29, 0.717) is 25.6 Å². The van der Waals surface area contributed by atoms with Crippen molar-refractivity contribution in [2.24, 2.45) is 0 Å². The number of carbonyl (C=O) groups is 1. The monoisotopic (exact) mass is 447 g/mol. The van der Waals surface area contributed by atoms with Crippen LogP contribution < -0.4 is 9.64 Å². The van der Waals surface area contributed by atoms with Gasteiger partial charge in [-0.1, -0.05) is 11.2 Å². The number of anilines is 1. The Morgan fingerprint density at radius 3 is 2.66 bits per heavy atom. The number of alkyl halides is 3. The molecule has 3 heterocycles. The molecule has 0 N–H and O–H groups in total. The summed E-state index contributed by atoms with van der Waals surface area (Å²) in [4.78, 5) is 25.0. The number of hydrogen-bond acceptors (Lipinski definition) is 7. The van der Waals surface area contributed by atoms with Crippen LogP contribution >= 0.6 is 0 Å². The largest absolute Gasteiger partial charge is 0.486 e. The van der Waals surface area contributed by atoms with Crippen LogP contribution in [-0.2, 0) is 12.8 Å². The second kappa shape index (κ2) is 9.25. The fraction of sp³-hybridized carbons (Fsp3) is 0.333. The average molecular weight is 447 g/mol. The van der Waals surface area contributed by atoms with Crippen LogP contribution in [-0.4, -0.2) is 52.1 Å². The van der Waals surface area contributed by atoms with E-state index in [1.807, 2.05) is 4.90 Å². The zero-order valence-electron chi connectivity index (χ0n) is 17.0. The average Bonchev–Trinajstić information content (AvgIpc) is 3.13. The van der Waals surface area contributed by atoms with Crippen molar-refractivity contribution in [2.45, 2.75) is 19.2 Å². The molecule has 0 bridgehead atoms. The van der Waals surface area contributed by atoms with Gasteiger partial charge in [-0.25, -0.2) is 9.97 Å². The fourth-order valence-corrected chi connectivity index (χ4v) is 3.34. The number of rotatable bonds is 5. The molecule has 11 heteroatoms. The van der Waals surface area contributed by atoms with Crippen LogP contribution in [0.1, 0.15) is 28.2 Å². The first kappa shape index (κ1) is 21.6. The number of hydrogen-bond donors (Lipinski definition) is 0. The molecule has 1 aliphatic rings. The van der Waals surface area contributed by atoms with Crippen LogP contribution in [0.25, 0.3) is 0 Å². The van der Waals surface area contributed by atoms with Crippen molar-refractivity contribution in [2.75, 3.05) is 31.1 Å². The minimum atomic E-state index is -4.46. The first-order valence-corrected chi connectivity index (χ1v) is 9.97. The molecule has 0 spiro atoms. The molecule has 0 saturated carbocycles. The van der Waals surface area contributed by atoms with Crippen molar-refractivity contribution < 1.29 is 27.2 Å². The fourth-order valence-electron chi connectivity index (χ4n) is 3.34. The summed E-state index contributed by atoms with van der Waals surface area (Å²) in [5.41, 5.74) is -0.684. The minimum Gasteiger partial charge on any atom is -0.486 e. The molecule has 168 valence electrons. The highest BCUT2D eigenvalue weighted by Crippen LogP contribution is 2.31. The van der Waals surface area contributed by atoms with Gasteiger partial charge in [-0.15, -0.1) is 0 Å². The second-order valence-electron chi connectivity index (χ2n) is 7.17. The number of ether oxygens (including phenoxy) is 1. The number of amides is 1. The maximum Gasteiger partial charge on any atom is 0.416 e. The van der Waals surface area contributed by atoms with E-state index in [9.17, 15) is 18.0 Å². The molecule has 2 aromatic heterocycles. The van der Waals surface area contributed by atoms with Crippen LogP contribution in [0.4, 0.5) is 19.1 Å². The number of carbonyl (C=O) groups excluding carboxylic acids is 1. The molecule has 0 atom stereocenters. The summed E-state index contributed by atoms with van der Waals surface area (Å²) in [6, 6.07) is 7.73. The summed E-state index contributed by atoms with van der Waals surface area (Å²) in [7, 11) is 0. The maximum absolute atomic E-state index is 12.8. The highest BCUT2D eigenvalue weighted by molar-refractivity contribution is 5.92. The normalized spacial score (nSPS) is 14.8. The van der Waals surface area contributed by atoms with E-state index in [1.165, 1.54) is 18.2 Å². The number of halogens is 3. The third-order valence-electron chi connectivity index (χ3n) is 4.94. The van der Waals surface area contributed by atoms with Gasteiger partial charge in [-0.05, 0) is 30.7 Å². The Balaban J connectivity index is 1.35. The number of benzene rings is 1. The molecule has 32 heavy (non-hydrogen) atoms. The summed E-state index contributed by atoms with van der Waals surface area (Å²) in [5, 5.41) is 3.80. The lowest BCUT2D eigenvalue weighted by Gasteiger charge is -2.21. The number of aromatic nitrogens is 3. The summed E-state index contributed by atoms with van der Waals surface area (Å²) < 4.78 is 49.0. The summed E-state index contributed by atoms with van der Waals surface area (Å²) in [6.45, 7) is 2.17. The van der Waals surface area contributed by atoms with Crippen LogP contribution in [0.5, 0.6) is 5.75 Å². The van der Waals surface area contributed by atoms with Crippen LogP contribution in [0.15, 0.2) is 53.3 Å². The Kier molecular flexibility index (Phi) is 6.24. The zero-order chi connectivity index (χ0) is 22.6. The van der Waals surface area contributed by atoms with E-state index in [-0.39, 0.29) is 29.7 Å². The van der Waals surface area contributed by atoms with Gasteiger partial charge in [0.05, 0.1) is 5.56 Å². The van der Waals surface area contributed by atoms with Gasteiger partial charge in [0.2, 0.25) is 5.95 Å². The van der Waals surface area contributed by atoms with Crippen molar-refractivity contribution in [1.82, 2.24) is 20.0 Å². The Morgan fingerprint density at radius 1 is 1.06 bits per heavy atom. The molecule has 3 aromatic rings. The SMILES string of the molecule is O=C(c1cc(COc2cccc(C(F)(F)F)c2)on1)N1CCCN(c2ncccn2)CC1. The Morgan fingerprint density at radius 2 is 1.88 bits per heavy atom. The molecule has 0 unspecified atom stereocenters. The Labute approximate surface area is 181 Å². The lowest BCUT2D eigenvalue weighted by Crippen LogP contribution is -2.35. The van der Waals surface area contributed by atoms with Gasteiger partial charge in [0.15, 0.2) is 11.5 Å². The summed E-state index contributed by atoms with van der Waals surface area (Å²) >= 11 is 0. The highest BCUT2D eigenvalue weighted by Gasteiger charge is 2.30. The first-order chi connectivity index (χ1) is 15.4. The topological polar surface area (TPSA) is 84.6 Å². The van der Waals surface area contributed by atoms with Crippen LogP contribution in [0.3, 0.4) is 0 Å². The van der Waals surface area contributed by atoms with Crippen LogP contribution in [0.2, 0.25) is 0 Å². The van der Waals surface area contributed by atoms with E-state index in [2.05, 4.69) is 15.1 Å². The molecule has 8 nitrogen and oxygen atoms in total. The van der Waals surface area contributed by atoms with Gasteiger partial charge in [-0.2, -0.15) is 13.2 Å². The molecule has 1 aromatic carbocycles. The van der Waals surface area contributed by atoms with E-state index < -0.39 is 11.7 Å². The van der Waals surface area contributed by atoms with Gasteiger partial charge < -0.3 is 19.1 Å². The molecular weight excluding hydrogens is 427 g/mol. The molecule has 1 saturated heterocycles. The Bertz CT molecular complexity index is 1060. The van der Waals surface area contributed by atoms with Gasteiger partial charge >= 0.3 is 6.18 Å². The van der Waals surface area contributed by atoms with Gasteiger partial charge in [0.1, 0.15) is 12.4 Å². The molecule has 1 aliphatic heterocycles. The van der Waals surface area contributed by atoms with Crippen LogP contribution in [0, 0.1) is 0 Å². The molecule has 0 radical (unpaired) electrons. The first-order valence-electron chi connectivity index (χ1n) is 9.97. The van der Waals surface area contributed by atoms with Crippen molar-refractivity contribution >= 4 is 11.9 Å². The van der Waals surface area contributed by atoms with E-state index in [1.54, 1.807) is 23.4 Å². The maximum atomic E-state index is 12.8. The summed E-state index contributed by atoms with van der Waals surface area (Å²) in [5.74, 6) is 0.617. The third-order valence-corrected chi connectivity index (χ3v) is 4.94. The predicted octanol–water partition coefficient (Wildman–Crippen LogP) is 3.41. The molecule has 0 aliphatic carbocycles. The van der Waals surface area contributed by atoms with Gasteiger partial charge in [-0.3, -0.25) is 4.79 Å². The smallest absolute Gasteiger partial charge is 0.416 e. The molecular formula is C21H20F3N5O3. The van der Waals surface area contributed by atoms with E-state index in [4.69, 9.17) is 9.26 Å². The van der Waals surface area contributed by atoms with Crippen molar-refractivity contribution in [1.29, 1.82) is 0 Å². The molecule has 1 fully saturated rings. The quantitative estimate of drug-likeness (QED) is 0.593. The lowest BCUT2D eigenvalue weighted by molar-refractivity contribution is -0.137. The zero-order valence-corrected chi connectivity index (χ0v) is 17.0. The van der Waals surface area contributed by atoms with Crippen molar-refractivity contribution in [3.8, 4) is 5.75 Å². The second-order valence-corrected chi connectivity index (χ2v) is 7.17. The third kappa shape index (κ3) is 5.16. The Hall–Kier alpha value is -3.63. The van der Waals surface area contributed by atoms with Crippen molar-refractivity contribution in [3.63, 3.8) is 0 Å². The standard InChI is InChI=1S/C21H20F3N5O3/c22-21(23,24)15-4-1-5-16(12-15)31-14-17-13-18(27-32-17)19(30)28-8-3-9-29(11-10-28)20-25-6-2-7-26-20/h1-2,4-7,12-13H,3,8-11,14H2. The van der Waals surface area contributed by atoms with Gasteiger partial charge in [0, 0.05) is 44.6 Å². The van der Waals surface area contributed by atoms with Gasteiger partial charge in [0.25, 0.3) is 5.91 Å². The predicted molar refractivity (Wildman–Crippen MR) is 107 cm³/mol. The number of nitrogens with zero attached hydrogens (tertiary/aromatic N) is 5. The minimum absolute atomic E-state index is 0.0415. The highest BCUT2D eigenvalue weighted by atomic mass is 19.4. The molecule has 1 amide bonds. The van der Waals surface area contributed by atoms with E-state index in [0.717, 1.165) is 25.1 Å². The van der Waals surface area contributed by atoms with Crippen molar-refractivity contribution in [3.05, 3.63) is 65.8 Å². The lowest BCUT2D eigenvalue weighted by atomic mass is 10.2.